The number of morpholine rings is 1. The molecule has 2 aromatic heterocycles. The molecule has 1 saturated heterocycles. The van der Waals surface area contributed by atoms with Crippen molar-refractivity contribution in [2.75, 3.05) is 77.7 Å². The van der Waals surface area contributed by atoms with Crippen molar-refractivity contribution in [3.05, 3.63) is 47.4 Å². The number of halogens is 1. The molecule has 0 spiro atoms. The highest BCUT2D eigenvalue weighted by atomic mass is 35.5. The number of nitrogens with one attached hydrogen (secondary N) is 1. The number of fused-ring (bicyclic) bond motifs is 3. The summed E-state index contributed by atoms with van der Waals surface area (Å²) in [5.41, 5.74) is 12.4. The second-order valence-corrected chi connectivity index (χ2v) is 10.0. The minimum atomic E-state index is 0.406. The molecule has 9 nitrogen and oxygen atoms in total. The van der Waals surface area contributed by atoms with Crippen LogP contribution in [0.15, 0.2) is 36.8 Å². The topological polar surface area (TPSA) is 93.2 Å². The lowest BCUT2D eigenvalue weighted by Crippen LogP contribution is -2.38. The summed E-state index contributed by atoms with van der Waals surface area (Å²) in [6, 6.07) is 7.98. The zero-order chi connectivity index (χ0) is 25.9. The van der Waals surface area contributed by atoms with Crippen LogP contribution in [-0.2, 0) is 4.74 Å². The Morgan fingerprint density at radius 3 is 2.76 bits per heavy atom. The standard InChI is InChI=1S/C27H34ClN7O2/c1-18-5-4-6-19(28)23(18)24-25-21(35-17-30-16-22(35)27(29)32-25)15-20(31-7-8-33(2)3)26(24)37-14-11-34-9-12-36-13-10-34/h4-6,15-17,31H,7-14H2,1-3H3,(H2,29,32). The predicted molar refractivity (Wildman–Crippen MR) is 150 cm³/mol. The minimum absolute atomic E-state index is 0.406. The van der Waals surface area contributed by atoms with Crippen molar-refractivity contribution in [3.8, 4) is 16.9 Å². The molecule has 2 aromatic carbocycles. The van der Waals surface area contributed by atoms with E-state index in [1.807, 2.05) is 16.5 Å². The molecule has 0 unspecified atom stereocenters. The van der Waals surface area contributed by atoms with E-state index in [2.05, 4.69) is 53.3 Å². The van der Waals surface area contributed by atoms with Crippen LogP contribution in [0.25, 0.3) is 27.7 Å². The number of nitrogen functional groups attached to an aromatic ring is 1. The van der Waals surface area contributed by atoms with Crippen molar-refractivity contribution in [1.29, 1.82) is 0 Å². The zero-order valence-corrected chi connectivity index (χ0v) is 22.4. The van der Waals surface area contributed by atoms with Gasteiger partial charge in [-0.2, -0.15) is 0 Å². The van der Waals surface area contributed by atoms with Gasteiger partial charge in [0.05, 0.1) is 42.5 Å². The number of nitrogens with two attached hydrogens (primary N) is 1. The Balaban J connectivity index is 1.69. The van der Waals surface area contributed by atoms with Gasteiger partial charge in [-0.1, -0.05) is 23.7 Å². The van der Waals surface area contributed by atoms with Crippen LogP contribution in [0.3, 0.4) is 0 Å². The van der Waals surface area contributed by atoms with Crippen molar-refractivity contribution in [3.63, 3.8) is 0 Å². The van der Waals surface area contributed by atoms with Crippen molar-refractivity contribution in [2.24, 2.45) is 0 Å². The summed E-state index contributed by atoms with van der Waals surface area (Å²) >= 11 is 6.84. The maximum Gasteiger partial charge on any atom is 0.152 e. The van der Waals surface area contributed by atoms with Gasteiger partial charge in [0.25, 0.3) is 0 Å². The maximum absolute atomic E-state index is 6.84. The van der Waals surface area contributed by atoms with Gasteiger partial charge in [0.2, 0.25) is 0 Å². The fourth-order valence-corrected chi connectivity index (χ4v) is 5.09. The molecular weight excluding hydrogens is 490 g/mol. The van der Waals surface area contributed by atoms with E-state index in [9.17, 15) is 0 Å². The molecule has 1 aliphatic heterocycles. The average molecular weight is 524 g/mol. The summed E-state index contributed by atoms with van der Waals surface area (Å²) in [4.78, 5) is 13.7. The van der Waals surface area contributed by atoms with Crippen molar-refractivity contribution in [1.82, 2.24) is 24.2 Å². The lowest BCUT2D eigenvalue weighted by atomic mass is 9.96. The Bertz CT molecular complexity index is 1380. The van der Waals surface area contributed by atoms with E-state index in [1.165, 1.54) is 0 Å². The van der Waals surface area contributed by atoms with E-state index >= 15 is 0 Å². The summed E-state index contributed by atoms with van der Waals surface area (Å²) in [7, 11) is 4.12. The number of anilines is 2. The number of imidazole rings is 1. The Labute approximate surface area is 222 Å². The van der Waals surface area contributed by atoms with Gasteiger partial charge in [0.1, 0.15) is 23.5 Å². The molecule has 37 heavy (non-hydrogen) atoms. The third-order valence-electron chi connectivity index (χ3n) is 6.73. The molecule has 4 aromatic rings. The van der Waals surface area contributed by atoms with Crippen LogP contribution < -0.4 is 15.8 Å². The molecule has 1 aliphatic rings. The second kappa shape index (κ2) is 11.1. The largest absolute Gasteiger partial charge is 0.489 e. The van der Waals surface area contributed by atoms with Gasteiger partial charge in [-0.15, -0.1) is 0 Å². The fourth-order valence-electron chi connectivity index (χ4n) is 4.77. The number of likely N-dealkylation sites (N-methyl/N-ethyl adjacent to an activating group) is 1. The van der Waals surface area contributed by atoms with E-state index in [0.717, 1.165) is 90.6 Å². The number of nitrogens with zero attached hydrogens (tertiary/aromatic N) is 5. The van der Waals surface area contributed by atoms with Gasteiger partial charge in [-0.25, -0.2) is 9.97 Å². The summed E-state index contributed by atoms with van der Waals surface area (Å²) < 4.78 is 14.1. The van der Waals surface area contributed by atoms with Gasteiger partial charge < -0.3 is 25.4 Å². The van der Waals surface area contributed by atoms with Crippen LogP contribution in [0.5, 0.6) is 5.75 Å². The molecule has 3 heterocycles. The first-order valence-corrected chi connectivity index (χ1v) is 13.0. The van der Waals surface area contributed by atoms with E-state index in [4.69, 9.17) is 31.8 Å². The number of rotatable bonds is 9. The predicted octanol–water partition coefficient (Wildman–Crippen LogP) is 3.78. The molecule has 5 rings (SSSR count). The van der Waals surface area contributed by atoms with Crippen molar-refractivity contribution >= 4 is 39.7 Å². The first kappa shape index (κ1) is 25.5. The Morgan fingerprint density at radius 2 is 2.00 bits per heavy atom. The van der Waals surface area contributed by atoms with Crippen LogP contribution in [-0.4, -0.2) is 90.8 Å². The van der Waals surface area contributed by atoms with E-state index in [1.54, 1.807) is 12.5 Å². The smallest absolute Gasteiger partial charge is 0.152 e. The molecule has 196 valence electrons. The number of hydrogen-bond acceptors (Lipinski definition) is 8. The number of aryl methyl sites for hydroxylation is 1. The van der Waals surface area contributed by atoms with Gasteiger partial charge in [0.15, 0.2) is 5.75 Å². The van der Waals surface area contributed by atoms with Crippen LogP contribution in [0.4, 0.5) is 11.5 Å². The van der Waals surface area contributed by atoms with Crippen molar-refractivity contribution in [2.45, 2.75) is 6.92 Å². The van der Waals surface area contributed by atoms with Gasteiger partial charge in [0, 0.05) is 43.3 Å². The number of hydrogen-bond donors (Lipinski definition) is 2. The quantitative estimate of drug-likeness (QED) is 0.342. The molecular formula is C27H34ClN7O2. The minimum Gasteiger partial charge on any atom is -0.489 e. The Hall–Kier alpha value is -3.11. The lowest BCUT2D eigenvalue weighted by Gasteiger charge is -2.27. The van der Waals surface area contributed by atoms with E-state index in [-0.39, 0.29) is 0 Å². The van der Waals surface area contributed by atoms with Gasteiger partial charge in [-0.05, 0) is 38.7 Å². The molecule has 3 N–H and O–H groups in total. The normalized spacial score (nSPS) is 14.6. The first-order valence-electron chi connectivity index (χ1n) is 12.6. The highest BCUT2D eigenvalue weighted by Crippen LogP contribution is 2.46. The molecule has 0 radical (unpaired) electrons. The first-order chi connectivity index (χ1) is 17.9. The summed E-state index contributed by atoms with van der Waals surface area (Å²) in [6.45, 7) is 8.30. The lowest BCUT2D eigenvalue weighted by molar-refractivity contribution is 0.0323. The van der Waals surface area contributed by atoms with Gasteiger partial charge >= 0.3 is 0 Å². The van der Waals surface area contributed by atoms with Crippen LogP contribution in [0.1, 0.15) is 5.56 Å². The van der Waals surface area contributed by atoms with E-state index in [0.29, 0.717) is 17.4 Å². The summed E-state index contributed by atoms with van der Waals surface area (Å²) in [6.07, 6.45) is 3.50. The highest BCUT2D eigenvalue weighted by molar-refractivity contribution is 6.34. The van der Waals surface area contributed by atoms with Crippen LogP contribution >= 0.6 is 11.6 Å². The molecule has 0 saturated carbocycles. The fraction of sp³-hybridized carbons (Fsp3) is 0.407. The number of benzene rings is 2. The molecule has 0 atom stereocenters. The number of aromatic nitrogens is 3. The van der Waals surface area contributed by atoms with E-state index < -0.39 is 0 Å². The maximum atomic E-state index is 6.84. The highest BCUT2D eigenvalue weighted by Gasteiger charge is 2.24. The van der Waals surface area contributed by atoms with Crippen molar-refractivity contribution < 1.29 is 9.47 Å². The molecule has 0 amide bonds. The number of ether oxygens (including phenoxy) is 2. The molecule has 1 fully saturated rings. The SMILES string of the molecule is Cc1cccc(Cl)c1-c1c(OCCN2CCOCC2)c(NCCN(C)C)cc2c1nc(N)c1cncn12. The third-order valence-corrected chi connectivity index (χ3v) is 7.04. The Morgan fingerprint density at radius 1 is 1.19 bits per heavy atom. The zero-order valence-electron chi connectivity index (χ0n) is 21.6. The summed E-state index contributed by atoms with van der Waals surface area (Å²) in [5, 5.41) is 4.24. The van der Waals surface area contributed by atoms with Gasteiger partial charge in [-0.3, -0.25) is 9.30 Å². The third kappa shape index (κ3) is 5.31. The van der Waals surface area contributed by atoms with Crippen LogP contribution in [0.2, 0.25) is 5.02 Å². The summed E-state index contributed by atoms with van der Waals surface area (Å²) in [5.74, 6) is 1.13. The molecule has 10 heteroatoms. The Kier molecular flexibility index (Phi) is 7.66. The average Bonchev–Trinajstić information content (AvgIpc) is 3.37. The molecule has 0 bridgehead atoms. The van der Waals surface area contributed by atoms with Crippen LogP contribution in [0, 0.1) is 6.92 Å². The molecule has 0 aliphatic carbocycles. The monoisotopic (exact) mass is 523 g/mol. The second-order valence-electron chi connectivity index (χ2n) is 9.61.